The number of phenolic OH excluding ortho intramolecular Hbond substituents is 1. The number of para-hydroxylation sites is 2. The van der Waals surface area contributed by atoms with E-state index in [1.807, 2.05) is 24.3 Å². The normalized spacial score (nSPS) is 11.3. The van der Waals surface area contributed by atoms with Gasteiger partial charge in [-0.1, -0.05) is 29.8 Å². The molecule has 114 valence electrons. The van der Waals surface area contributed by atoms with Crippen molar-refractivity contribution in [2.24, 2.45) is 0 Å². The molecule has 0 saturated carbocycles. The van der Waals surface area contributed by atoms with Crippen molar-refractivity contribution in [3.63, 3.8) is 0 Å². The van der Waals surface area contributed by atoms with Crippen molar-refractivity contribution in [2.45, 2.75) is 26.5 Å². The van der Waals surface area contributed by atoms with Gasteiger partial charge >= 0.3 is 0 Å². The second-order valence-corrected chi connectivity index (χ2v) is 6.01. The molecular formula is C18H18ClNO2. The van der Waals surface area contributed by atoms with Crippen molar-refractivity contribution in [3.8, 4) is 11.5 Å². The first-order valence-electron chi connectivity index (χ1n) is 7.26. The summed E-state index contributed by atoms with van der Waals surface area (Å²) in [4.78, 5) is 0. The Labute approximate surface area is 134 Å². The minimum Gasteiger partial charge on any atom is -0.504 e. The van der Waals surface area contributed by atoms with E-state index < -0.39 is 0 Å². The van der Waals surface area contributed by atoms with Gasteiger partial charge in [-0.15, -0.1) is 0 Å². The first kappa shape index (κ1) is 14.8. The molecule has 3 nitrogen and oxygen atoms in total. The number of nitrogens with zero attached hydrogens (tertiary/aromatic N) is 1. The highest BCUT2D eigenvalue weighted by Crippen LogP contribution is 2.30. The first-order valence-corrected chi connectivity index (χ1v) is 7.64. The minimum atomic E-state index is 0.151. The largest absolute Gasteiger partial charge is 0.504 e. The number of ether oxygens (including phenoxy) is 1. The fraction of sp³-hybridized carbons (Fsp3) is 0.222. The fourth-order valence-corrected chi connectivity index (χ4v) is 2.74. The Kier molecular flexibility index (Phi) is 3.99. The van der Waals surface area contributed by atoms with E-state index in [-0.39, 0.29) is 5.75 Å². The molecule has 0 unspecified atom stereocenters. The Morgan fingerprint density at radius 1 is 1.18 bits per heavy atom. The van der Waals surface area contributed by atoms with Crippen LogP contribution < -0.4 is 4.74 Å². The van der Waals surface area contributed by atoms with Gasteiger partial charge in [-0.25, -0.2) is 0 Å². The van der Waals surface area contributed by atoms with Crippen LogP contribution in [0.1, 0.15) is 25.5 Å². The maximum atomic E-state index is 9.78. The average molecular weight is 316 g/mol. The van der Waals surface area contributed by atoms with Gasteiger partial charge in [-0.05, 0) is 38.1 Å². The zero-order valence-corrected chi connectivity index (χ0v) is 13.3. The monoisotopic (exact) mass is 315 g/mol. The molecule has 1 aromatic heterocycles. The van der Waals surface area contributed by atoms with Gasteiger partial charge in [0.15, 0.2) is 11.5 Å². The number of phenols is 1. The third kappa shape index (κ3) is 2.77. The number of aromatic nitrogens is 1. The van der Waals surface area contributed by atoms with Crippen molar-refractivity contribution in [1.29, 1.82) is 0 Å². The maximum Gasteiger partial charge on any atom is 0.161 e. The number of hydrogen-bond donors (Lipinski definition) is 1. The molecule has 0 bridgehead atoms. The standard InChI is InChI=1S/C18H18ClNO2/c1-12(2)20-10-13(15-8-7-14(19)9-16(15)20)11-22-18-6-4-3-5-17(18)21/h3-10,12,21H,11H2,1-2H3. The molecule has 0 spiro atoms. The molecule has 0 radical (unpaired) electrons. The molecule has 3 aromatic rings. The van der Waals surface area contributed by atoms with E-state index in [4.69, 9.17) is 16.3 Å². The molecule has 1 heterocycles. The molecule has 0 fully saturated rings. The highest BCUT2D eigenvalue weighted by atomic mass is 35.5. The molecule has 1 N–H and O–H groups in total. The third-order valence-electron chi connectivity index (χ3n) is 3.68. The molecular weight excluding hydrogens is 298 g/mol. The molecule has 0 atom stereocenters. The molecule has 0 saturated heterocycles. The van der Waals surface area contributed by atoms with Crippen molar-refractivity contribution in [3.05, 3.63) is 59.2 Å². The van der Waals surface area contributed by atoms with E-state index in [1.165, 1.54) is 0 Å². The average Bonchev–Trinajstić information content (AvgIpc) is 2.84. The highest BCUT2D eigenvalue weighted by molar-refractivity contribution is 6.31. The van der Waals surface area contributed by atoms with Crippen LogP contribution in [0.15, 0.2) is 48.7 Å². The summed E-state index contributed by atoms with van der Waals surface area (Å²) in [6.07, 6.45) is 2.09. The molecule has 0 amide bonds. The van der Waals surface area contributed by atoms with Gasteiger partial charge < -0.3 is 14.4 Å². The van der Waals surface area contributed by atoms with Crippen molar-refractivity contribution < 1.29 is 9.84 Å². The predicted molar refractivity (Wildman–Crippen MR) is 89.8 cm³/mol. The lowest BCUT2D eigenvalue weighted by Gasteiger charge is -2.09. The Hall–Kier alpha value is -2.13. The van der Waals surface area contributed by atoms with Crippen LogP contribution in [0.3, 0.4) is 0 Å². The van der Waals surface area contributed by atoms with E-state index in [0.717, 1.165) is 21.5 Å². The summed E-state index contributed by atoms with van der Waals surface area (Å²) in [6.45, 7) is 4.66. The van der Waals surface area contributed by atoms with E-state index in [0.29, 0.717) is 18.4 Å². The summed E-state index contributed by atoms with van der Waals surface area (Å²) in [5, 5.41) is 11.6. The van der Waals surface area contributed by atoms with Crippen LogP contribution in [0.4, 0.5) is 0 Å². The summed E-state index contributed by atoms with van der Waals surface area (Å²) in [5.74, 6) is 0.639. The Morgan fingerprint density at radius 3 is 2.68 bits per heavy atom. The maximum absolute atomic E-state index is 9.78. The quantitative estimate of drug-likeness (QED) is 0.721. The van der Waals surface area contributed by atoms with Gasteiger partial charge in [0.2, 0.25) is 0 Å². The number of halogens is 1. The van der Waals surface area contributed by atoms with E-state index in [1.54, 1.807) is 18.2 Å². The highest BCUT2D eigenvalue weighted by Gasteiger charge is 2.12. The number of rotatable bonds is 4. The minimum absolute atomic E-state index is 0.151. The Bertz CT molecular complexity index is 808. The van der Waals surface area contributed by atoms with E-state index in [9.17, 15) is 5.11 Å². The van der Waals surface area contributed by atoms with Crippen molar-refractivity contribution in [1.82, 2.24) is 4.57 Å². The van der Waals surface area contributed by atoms with Gasteiger partial charge in [0, 0.05) is 28.2 Å². The zero-order valence-electron chi connectivity index (χ0n) is 12.6. The number of aromatic hydroxyl groups is 1. The van der Waals surface area contributed by atoms with Crippen molar-refractivity contribution in [2.75, 3.05) is 0 Å². The van der Waals surface area contributed by atoms with Crippen LogP contribution in [-0.2, 0) is 6.61 Å². The molecule has 4 heteroatoms. The molecule has 0 aliphatic heterocycles. The summed E-state index contributed by atoms with van der Waals surface area (Å²) in [6, 6.07) is 13.2. The first-order chi connectivity index (χ1) is 10.6. The van der Waals surface area contributed by atoms with Gasteiger partial charge in [0.25, 0.3) is 0 Å². The SMILES string of the molecule is CC(C)n1cc(COc2ccccc2O)c2ccc(Cl)cc21. The molecule has 22 heavy (non-hydrogen) atoms. The van der Waals surface area contributed by atoms with Crippen LogP contribution in [-0.4, -0.2) is 9.67 Å². The topological polar surface area (TPSA) is 34.4 Å². The summed E-state index contributed by atoms with van der Waals surface area (Å²) >= 11 is 6.12. The third-order valence-corrected chi connectivity index (χ3v) is 3.92. The van der Waals surface area contributed by atoms with Crippen LogP contribution in [0.5, 0.6) is 11.5 Å². The summed E-state index contributed by atoms with van der Waals surface area (Å²) in [7, 11) is 0. The fourth-order valence-electron chi connectivity index (χ4n) is 2.57. The lowest BCUT2D eigenvalue weighted by atomic mass is 10.2. The van der Waals surface area contributed by atoms with Crippen molar-refractivity contribution >= 4 is 22.5 Å². The number of benzene rings is 2. The molecule has 0 aliphatic rings. The molecule has 2 aromatic carbocycles. The predicted octanol–water partition coefficient (Wildman–Crippen LogP) is 5.16. The Morgan fingerprint density at radius 2 is 1.95 bits per heavy atom. The van der Waals surface area contributed by atoms with Crippen LogP contribution in [0.25, 0.3) is 10.9 Å². The summed E-state index contributed by atoms with van der Waals surface area (Å²) < 4.78 is 7.94. The zero-order chi connectivity index (χ0) is 15.7. The second kappa shape index (κ2) is 5.93. The van der Waals surface area contributed by atoms with E-state index in [2.05, 4.69) is 24.6 Å². The van der Waals surface area contributed by atoms with Crippen LogP contribution in [0.2, 0.25) is 5.02 Å². The van der Waals surface area contributed by atoms with Gasteiger partial charge in [-0.2, -0.15) is 0 Å². The number of hydrogen-bond acceptors (Lipinski definition) is 2. The van der Waals surface area contributed by atoms with E-state index >= 15 is 0 Å². The Balaban J connectivity index is 1.96. The van der Waals surface area contributed by atoms with Crippen LogP contribution in [0, 0.1) is 0 Å². The molecule has 0 aliphatic carbocycles. The smallest absolute Gasteiger partial charge is 0.161 e. The number of fused-ring (bicyclic) bond motifs is 1. The van der Waals surface area contributed by atoms with Gasteiger partial charge in [0.1, 0.15) is 6.61 Å². The summed E-state index contributed by atoms with van der Waals surface area (Å²) in [5.41, 5.74) is 2.17. The second-order valence-electron chi connectivity index (χ2n) is 5.57. The lowest BCUT2D eigenvalue weighted by molar-refractivity contribution is 0.290. The van der Waals surface area contributed by atoms with Gasteiger partial charge in [-0.3, -0.25) is 0 Å². The molecule has 3 rings (SSSR count). The van der Waals surface area contributed by atoms with Gasteiger partial charge in [0.05, 0.1) is 5.52 Å². The van der Waals surface area contributed by atoms with Crippen LogP contribution >= 0.6 is 11.6 Å². The lowest BCUT2D eigenvalue weighted by Crippen LogP contribution is -1.98.